The van der Waals surface area contributed by atoms with Crippen LogP contribution in [0.15, 0.2) is 36.4 Å². The second-order valence-corrected chi connectivity index (χ2v) is 3.94. The predicted molar refractivity (Wildman–Crippen MR) is 68.0 cm³/mol. The molecule has 0 fully saturated rings. The fraction of sp³-hybridized carbons (Fsp3) is 0.200. The molecule has 1 radical (unpaired) electrons. The zero-order valence-corrected chi connectivity index (χ0v) is 10.1. The van der Waals surface area contributed by atoms with Crippen LogP contribution in [0.3, 0.4) is 0 Å². The minimum Gasteiger partial charge on any atom is -0.494 e. The molecule has 91 valence electrons. The van der Waals surface area contributed by atoms with E-state index in [1.807, 2.05) is 43.3 Å². The molecule has 1 heterocycles. The van der Waals surface area contributed by atoms with Gasteiger partial charge < -0.3 is 14.2 Å². The van der Waals surface area contributed by atoms with E-state index in [0.29, 0.717) is 13.4 Å². The van der Waals surface area contributed by atoms with Crippen LogP contribution < -0.4 is 14.2 Å². The molecule has 0 N–H and O–H groups in total. The highest BCUT2D eigenvalue weighted by Crippen LogP contribution is 2.36. The molecule has 0 saturated heterocycles. The Kier molecular flexibility index (Phi) is 2.81. The van der Waals surface area contributed by atoms with Gasteiger partial charge in [-0.25, -0.2) is 0 Å². The lowest BCUT2D eigenvalue weighted by molar-refractivity contribution is 0.174. The van der Waals surface area contributed by atoms with Gasteiger partial charge in [0.05, 0.1) is 6.61 Å². The standard InChI is InChI=1S/C15H13O3/c1-2-16-13-5-3-4-11(8-13)12-6-7-14-15(9-12)18-10-17-14/h3,5-9H,2,10H2,1H3. The van der Waals surface area contributed by atoms with Crippen LogP contribution in [0.25, 0.3) is 11.1 Å². The maximum absolute atomic E-state index is 5.48. The number of hydrogen-bond acceptors (Lipinski definition) is 3. The van der Waals surface area contributed by atoms with Gasteiger partial charge in [-0.15, -0.1) is 0 Å². The Hall–Kier alpha value is -2.16. The molecule has 0 amide bonds. The molecule has 18 heavy (non-hydrogen) atoms. The Labute approximate surface area is 106 Å². The van der Waals surface area contributed by atoms with Gasteiger partial charge in [0, 0.05) is 0 Å². The Morgan fingerprint density at radius 3 is 2.94 bits per heavy atom. The van der Waals surface area contributed by atoms with Gasteiger partial charge in [-0.1, -0.05) is 12.1 Å². The molecule has 0 spiro atoms. The zero-order chi connectivity index (χ0) is 12.4. The van der Waals surface area contributed by atoms with Crippen molar-refractivity contribution >= 4 is 0 Å². The van der Waals surface area contributed by atoms with Gasteiger partial charge >= 0.3 is 0 Å². The van der Waals surface area contributed by atoms with Crippen molar-refractivity contribution in [3.63, 3.8) is 0 Å². The van der Waals surface area contributed by atoms with Gasteiger partial charge in [0.2, 0.25) is 6.79 Å². The highest BCUT2D eigenvalue weighted by Gasteiger charge is 2.13. The second-order valence-electron chi connectivity index (χ2n) is 3.94. The molecule has 3 nitrogen and oxygen atoms in total. The Balaban J connectivity index is 1.96. The quantitative estimate of drug-likeness (QED) is 0.825. The summed E-state index contributed by atoms with van der Waals surface area (Å²) in [6.45, 7) is 2.92. The van der Waals surface area contributed by atoms with Gasteiger partial charge in [0.1, 0.15) is 5.75 Å². The van der Waals surface area contributed by atoms with Crippen LogP contribution in [0.5, 0.6) is 17.2 Å². The Morgan fingerprint density at radius 1 is 1.17 bits per heavy atom. The van der Waals surface area contributed by atoms with E-state index >= 15 is 0 Å². The van der Waals surface area contributed by atoms with Crippen LogP contribution >= 0.6 is 0 Å². The highest BCUT2D eigenvalue weighted by molar-refractivity contribution is 5.68. The van der Waals surface area contributed by atoms with Crippen LogP contribution in [-0.4, -0.2) is 13.4 Å². The lowest BCUT2D eigenvalue weighted by Crippen LogP contribution is -1.92. The predicted octanol–water partition coefficient (Wildman–Crippen LogP) is 3.28. The lowest BCUT2D eigenvalue weighted by atomic mass is 10.0. The number of hydrogen-bond donors (Lipinski definition) is 0. The SMILES string of the molecule is CCOc1cc[c]c(-c2ccc3c(c2)OCO3)c1. The van der Waals surface area contributed by atoms with E-state index in [4.69, 9.17) is 14.2 Å². The summed E-state index contributed by atoms with van der Waals surface area (Å²) < 4.78 is 16.2. The molecule has 2 aromatic carbocycles. The van der Waals surface area contributed by atoms with Crippen molar-refractivity contribution in [2.75, 3.05) is 13.4 Å². The zero-order valence-electron chi connectivity index (χ0n) is 10.1. The van der Waals surface area contributed by atoms with Gasteiger partial charge in [0.25, 0.3) is 0 Å². The van der Waals surface area contributed by atoms with Crippen molar-refractivity contribution in [1.29, 1.82) is 0 Å². The summed E-state index contributed by atoms with van der Waals surface area (Å²) in [5, 5.41) is 0. The molecular formula is C15H13O3. The third-order valence-corrected chi connectivity index (χ3v) is 2.77. The summed E-state index contributed by atoms with van der Waals surface area (Å²) >= 11 is 0. The second kappa shape index (κ2) is 4.61. The monoisotopic (exact) mass is 241 g/mol. The molecule has 1 aliphatic rings. The molecular weight excluding hydrogens is 228 g/mol. The van der Waals surface area contributed by atoms with Crippen molar-refractivity contribution in [3.05, 3.63) is 42.5 Å². The minimum absolute atomic E-state index is 0.293. The summed E-state index contributed by atoms with van der Waals surface area (Å²) in [4.78, 5) is 0. The van der Waals surface area contributed by atoms with E-state index in [0.717, 1.165) is 28.4 Å². The molecule has 0 bridgehead atoms. The fourth-order valence-electron chi connectivity index (χ4n) is 1.93. The van der Waals surface area contributed by atoms with Crippen molar-refractivity contribution in [2.24, 2.45) is 0 Å². The van der Waals surface area contributed by atoms with Crippen molar-refractivity contribution < 1.29 is 14.2 Å². The van der Waals surface area contributed by atoms with Crippen molar-refractivity contribution in [3.8, 4) is 28.4 Å². The number of benzene rings is 2. The third-order valence-electron chi connectivity index (χ3n) is 2.77. The van der Waals surface area contributed by atoms with Gasteiger partial charge in [-0.05, 0) is 48.4 Å². The third kappa shape index (κ3) is 1.99. The van der Waals surface area contributed by atoms with Gasteiger partial charge in [0.15, 0.2) is 11.5 Å². The lowest BCUT2D eigenvalue weighted by Gasteiger charge is -2.06. The van der Waals surface area contributed by atoms with E-state index in [2.05, 4.69) is 6.07 Å². The molecule has 0 unspecified atom stereocenters. The van der Waals surface area contributed by atoms with Crippen LogP contribution in [0, 0.1) is 6.07 Å². The summed E-state index contributed by atoms with van der Waals surface area (Å²) in [6, 6.07) is 14.8. The number of ether oxygens (including phenoxy) is 3. The topological polar surface area (TPSA) is 27.7 Å². The molecule has 0 aromatic heterocycles. The first kappa shape index (κ1) is 11.0. The first-order valence-corrected chi connectivity index (χ1v) is 5.91. The summed E-state index contributed by atoms with van der Waals surface area (Å²) in [6.07, 6.45) is 0. The summed E-state index contributed by atoms with van der Waals surface area (Å²) in [5.74, 6) is 2.42. The number of rotatable bonds is 3. The number of fused-ring (bicyclic) bond motifs is 1. The van der Waals surface area contributed by atoms with E-state index in [9.17, 15) is 0 Å². The van der Waals surface area contributed by atoms with Crippen molar-refractivity contribution in [2.45, 2.75) is 6.92 Å². The molecule has 2 aromatic rings. The van der Waals surface area contributed by atoms with Gasteiger partial charge in [-0.3, -0.25) is 0 Å². The molecule has 0 aliphatic carbocycles. The van der Waals surface area contributed by atoms with Gasteiger partial charge in [-0.2, -0.15) is 0 Å². The minimum atomic E-state index is 0.293. The summed E-state index contributed by atoms with van der Waals surface area (Å²) in [5.41, 5.74) is 2.03. The Morgan fingerprint density at radius 2 is 2.06 bits per heavy atom. The van der Waals surface area contributed by atoms with E-state index < -0.39 is 0 Å². The smallest absolute Gasteiger partial charge is 0.231 e. The molecule has 3 heteroatoms. The normalized spacial score (nSPS) is 12.5. The maximum Gasteiger partial charge on any atom is 0.231 e. The van der Waals surface area contributed by atoms with Crippen LogP contribution in [0.2, 0.25) is 0 Å². The van der Waals surface area contributed by atoms with E-state index in [-0.39, 0.29) is 0 Å². The average molecular weight is 241 g/mol. The average Bonchev–Trinajstić information content (AvgIpc) is 2.86. The molecule has 1 aliphatic heterocycles. The highest BCUT2D eigenvalue weighted by atomic mass is 16.7. The first-order valence-electron chi connectivity index (χ1n) is 5.91. The van der Waals surface area contributed by atoms with E-state index in [1.54, 1.807) is 0 Å². The molecule has 0 saturated carbocycles. The van der Waals surface area contributed by atoms with Crippen LogP contribution in [-0.2, 0) is 0 Å². The largest absolute Gasteiger partial charge is 0.494 e. The molecule has 0 atom stereocenters. The van der Waals surface area contributed by atoms with Crippen LogP contribution in [0.1, 0.15) is 6.92 Å². The fourth-order valence-corrected chi connectivity index (χ4v) is 1.93. The summed E-state index contributed by atoms with van der Waals surface area (Å²) in [7, 11) is 0. The van der Waals surface area contributed by atoms with E-state index in [1.165, 1.54) is 0 Å². The Bertz CT molecular complexity index is 563. The van der Waals surface area contributed by atoms with Crippen LogP contribution in [0.4, 0.5) is 0 Å². The maximum atomic E-state index is 5.48. The van der Waals surface area contributed by atoms with Crippen molar-refractivity contribution in [1.82, 2.24) is 0 Å². The molecule has 3 rings (SSSR count). The first-order chi connectivity index (χ1) is 8.86.